The lowest BCUT2D eigenvalue weighted by molar-refractivity contribution is -0.0504. The van der Waals surface area contributed by atoms with Crippen molar-refractivity contribution in [1.82, 2.24) is 10.6 Å². The highest BCUT2D eigenvalue weighted by Gasteiger charge is 2.10. The second kappa shape index (κ2) is 11.7. The van der Waals surface area contributed by atoms with Gasteiger partial charge in [0.1, 0.15) is 5.75 Å². The molecule has 0 saturated carbocycles. The van der Waals surface area contributed by atoms with E-state index < -0.39 is 6.61 Å². The van der Waals surface area contributed by atoms with Crippen molar-refractivity contribution in [1.29, 1.82) is 0 Å². The van der Waals surface area contributed by atoms with Crippen molar-refractivity contribution in [3.05, 3.63) is 28.8 Å². The number of rotatable bonds is 7. The number of guanidine groups is 1. The molecule has 1 aromatic carbocycles. The Balaban J connectivity index is 0.00000441. The van der Waals surface area contributed by atoms with Gasteiger partial charge < -0.3 is 15.4 Å². The molecule has 0 aliphatic heterocycles. The molecule has 0 aliphatic rings. The number of ether oxygens (including phenoxy) is 1. The molecule has 8 heteroatoms. The van der Waals surface area contributed by atoms with E-state index in [-0.39, 0.29) is 36.3 Å². The van der Waals surface area contributed by atoms with E-state index in [0.29, 0.717) is 23.1 Å². The minimum absolute atomic E-state index is 0. The van der Waals surface area contributed by atoms with E-state index in [1.54, 1.807) is 6.07 Å². The third-order valence-corrected chi connectivity index (χ3v) is 2.77. The van der Waals surface area contributed by atoms with Crippen LogP contribution in [0.3, 0.4) is 0 Å². The summed E-state index contributed by atoms with van der Waals surface area (Å²) in [5.41, 5.74) is 0.511. The summed E-state index contributed by atoms with van der Waals surface area (Å²) in [5.74, 6) is 0.715. The van der Waals surface area contributed by atoms with Gasteiger partial charge in [-0.3, -0.25) is 0 Å². The van der Waals surface area contributed by atoms with Crippen molar-refractivity contribution in [3.63, 3.8) is 0 Å². The highest BCUT2D eigenvalue weighted by atomic mass is 127. The SMILES string of the molecule is CCCNC(=NCc1cc(Cl)ccc1OC(F)F)NCC.I. The third kappa shape index (κ3) is 7.98. The second-order valence-electron chi connectivity index (χ2n) is 4.25. The lowest BCUT2D eigenvalue weighted by Gasteiger charge is -2.12. The molecule has 2 N–H and O–H groups in total. The van der Waals surface area contributed by atoms with Crippen LogP contribution in [0, 0.1) is 0 Å². The molecule has 0 bridgehead atoms. The number of hydrogen-bond acceptors (Lipinski definition) is 2. The van der Waals surface area contributed by atoms with Crippen molar-refractivity contribution in [3.8, 4) is 5.75 Å². The number of benzene rings is 1. The zero-order valence-corrected chi connectivity index (χ0v) is 15.6. The average molecular weight is 448 g/mol. The first-order valence-electron chi connectivity index (χ1n) is 6.82. The smallest absolute Gasteiger partial charge is 0.387 e. The zero-order valence-electron chi connectivity index (χ0n) is 12.5. The molecule has 126 valence electrons. The molecule has 0 saturated heterocycles. The highest BCUT2D eigenvalue weighted by Crippen LogP contribution is 2.25. The molecule has 1 aromatic rings. The molecule has 0 atom stereocenters. The molecule has 0 aliphatic carbocycles. The number of nitrogens with zero attached hydrogens (tertiary/aromatic N) is 1. The Bertz CT molecular complexity index is 475. The molecule has 0 amide bonds. The first-order valence-corrected chi connectivity index (χ1v) is 7.20. The molecule has 22 heavy (non-hydrogen) atoms. The summed E-state index contributed by atoms with van der Waals surface area (Å²) in [5, 5.41) is 6.66. The van der Waals surface area contributed by atoms with Crippen LogP contribution in [-0.4, -0.2) is 25.7 Å². The third-order valence-electron chi connectivity index (χ3n) is 2.53. The zero-order chi connectivity index (χ0) is 15.7. The van der Waals surface area contributed by atoms with Gasteiger partial charge >= 0.3 is 6.61 Å². The maximum atomic E-state index is 12.4. The molecule has 0 spiro atoms. The van der Waals surface area contributed by atoms with Crippen LogP contribution in [-0.2, 0) is 6.54 Å². The Kier molecular flexibility index (Phi) is 11.3. The predicted octanol–water partition coefficient (Wildman–Crippen LogP) is 4.02. The number of aliphatic imine (C=N–C) groups is 1. The van der Waals surface area contributed by atoms with Gasteiger partial charge in [0.05, 0.1) is 6.54 Å². The normalized spacial score (nSPS) is 11.1. The number of halogens is 4. The number of nitrogens with one attached hydrogen (secondary N) is 2. The minimum atomic E-state index is -2.87. The van der Waals surface area contributed by atoms with Crippen molar-refractivity contribution in [2.75, 3.05) is 13.1 Å². The van der Waals surface area contributed by atoms with Gasteiger partial charge in [0.25, 0.3) is 0 Å². The molecule has 1 rings (SSSR count). The Labute approximate surface area is 151 Å². The van der Waals surface area contributed by atoms with Crippen LogP contribution in [0.2, 0.25) is 5.02 Å². The highest BCUT2D eigenvalue weighted by molar-refractivity contribution is 14.0. The van der Waals surface area contributed by atoms with Gasteiger partial charge in [0.15, 0.2) is 5.96 Å². The molecule has 0 heterocycles. The Hall–Kier alpha value is -0.830. The fourth-order valence-electron chi connectivity index (χ4n) is 1.63. The van der Waals surface area contributed by atoms with Crippen molar-refractivity contribution in [2.45, 2.75) is 33.4 Å². The van der Waals surface area contributed by atoms with Crippen molar-refractivity contribution >= 4 is 41.5 Å². The molecule has 0 fully saturated rings. The van der Waals surface area contributed by atoms with Crippen LogP contribution in [0.5, 0.6) is 5.75 Å². The van der Waals surface area contributed by atoms with Gasteiger partial charge in [-0.25, -0.2) is 4.99 Å². The van der Waals surface area contributed by atoms with Gasteiger partial charge in [0.2, 0.25) is 0 Å². The van der Waals surface area contributed by atoms with Crippen LogP contribution < -0.4 is 15.4 Å². The lowest BCUT2D eigenvalue weighted by Crippen LogP contribution is -2.37. The second-order valence-corrected chi connectivity index (χ2v) is 4.69. The minimum Gasteiger partial charge on any atom is -0.434 e. The molecular weight excluding hydrogens is 427 g/mol. The average Bonchev–Trinajstić information content (AvgIpc) is 2.44. The number of alkyl halides is 2. The van der Waals surface area contributed by atoms with E-state index in [4.69, 9.17) is 11.6 Å². The Morgan fingerprint density at radius 3 is 2.64 bits per heavy atom. The fraction of sp³-hybridized carbons (Fsp3) is 0.500. The van der Waals surface area contributed by atoms with Gasteiger partial charge in [-0.05, 0) is 31.5 Å². The van der Waals surface area contributed by atoms with Crippen LogP contribution in [0.15, 0.2) is 23.2 Å². The van der Waals surface area contributed by atoms with Gasteiger partial charge in [-0.1, -0.05) is 18.5 Å². The Morgan fingerprint density at radius 1 is 1.32 bits per heavy atom. The van der Waals surface area contributed by atoms with E-state index in [9.17, 15) is 8.78 Å². The topological polar surface area (TPSA) is 45.7 Å². The summed E-state index contributed by atoms with van der Waals surface area (Å²) in [6.45, 7) is 2.81. The summed E-state index contributed by atoms with van der Waals surface area (Å²) in [6, 6.07) is 4.50. The van der Waals surface area contributed by atoms with Gasteiger partial charge in [-0.2, -0.15) is 8.78 Å². The van der Waals surface area contributed by atoms with Gasteiger partial charge in [-0.15, -0.1) is 24.0 Å². The molecule has 0 radical (unpaired) electrons. The molecule has 0 unspecified atom stereocenters. The summed E-state index contributed by atoms with van der Waals surface area (Å²) < 4.78 is 29.2. The van der Waals surface area contributed by atoms with E-state index in [0.717, 1.165) is 13.0 Å². The summed E-state index contributed by atoms with van der Waals surface area (Å²) in [7, 11) is 0. The Morgan fingerprint density at radius 2 is 2.05 bits per heavy atom. The van der Waals surface area contributed by atoms with Crippen molar-refractivity contribution in [2.24, 2.45) is 4.99 Å². The maximum absolute atomic E-state index is 12.4. The quantitative estimate of drug-likeness (QED) is 0.377. The summed E-state index contributed by atoms with van der Waals surface area (Å²) in [6.07, 6.45) is 0.960. The van der Waals surface area contributed by atoms with Crippen LogP contribution >= 0.6 is 35.6 Å². The summed E-state index contributed by atoms with van der Waals surface area (Å²) >= 11 is 5.89. The fourth-order valence-corrected chi connectivity index (χ4v) is 1.83. The van der Waals surface area contributed by atoms with E-state index in [1.165, 1.54) is 12.1 Å². The van der Waals surface area contributed by atoms with Crippen LogP contribution in [0.1, 0.15) is 25.8 Å². The van der Waals surface area contributed by atoms with Crippen LogP contribution in [0.4, 0.5) is 8.78 Å². The van der Waals surface area contributed by atoms with E-state index in [2.05, 4.69) is 20.4 Å². The maximum Gasteiger partial charge on any atom is 0.387 e. The van der Waals surface area contributed by atoms with E-state index in [1.807, 2.05) is 13.8 Å². The van der Waals surface area contributed by atoms with E-state index >= 15 is 0 Å². The monoisotopic (exact) mass is 447 g/mol. The first kappa shape index (κ1) is 21.2. The van der Waals surface area contributed by atoms with Crippen LogP contribution in [0.25, 0.3) is 0 Å². The lowest BCUT2D eigenvalue weighted by atomic mass is 10.2. The summed E-state index contributed by atoms with van der Waals surface area (Å²) in [4.78, 5) is 4.34. The molecule has 4 nitrogen and oxygen atoms in total. The predicted molar refractivity (Wildman–Crippen MR) is 96.6 cm³/mol. The molecule has 0 aromatic heterocycles. The first-order chi connectivity index (χ1) is 10.1. The largest absolute Gasteiger partial charge is 0.434 e. The standard InChI is InChI=1S/C14H20ClF2N3O.HI/c1-3-7-19-14(18-4-2)20-9-10-8-11(15)5-6-12(10)21-13(16)17;/h5-6,8,13H,3-4,7,9H2,1-2H3,(H2,18,19,20);1H. The molecular formula is C14H21ClF2IN3O. The van der Waals surface area contributed by atoms with Crippen molar-refractivity contribution < 1.29 is 13.5 Å². The van der Waals surface area contributed by atoms with Gasteiger partial charge in [0, 0.05) is 23.7 Å². The number of hydrogen-bond donors (Lipinski definition) is 2.